The van der Waals surface area contributed by atoms with Crippen molar-refractivity contribution in [2.45, 2.75) is 58.5 Å². The van der Waals surface area contributed by atoms with Crippen LogP contribution in [0.25, 0.3) is 0 Å². The van der Waals surface area contributed by atoms with Gasteiger partial charge in [-0.1, -0.05) is 20.3 Å². The number of rotatable bonds is 7. The summed E-state index contributed by atoms with van der Waals surface area (Å²) < 4.78 is 4.95. The number of amides is 1. The molecule has 1 saturated carbocycles. The van der Waals surface area contributed by atoms with Gasteiger partial charge >= 0.3 is 0 Å². The third-order valence-electron chi connectivity index (χ3n) is 3.93. The molecule has 2 unspecified atom stereocenters. The van der Waals surface area contributed by atoms with E-state index in [2.05, 4.69) is 24.5 Å². The van der Waals surface area contributed by atoms with Crippen LogP contribution in [0.4, 0.5) is 0 Å². The van der Waals surface area contributed by atoms with Crippen molar-refractivity contribution in [2.24, 2.45) is 5.41 Å². The van der Waals surface area contributed by atoms with Gasteiger partial charge in [0.2, 0.25) is 5.91 Å². The van der Waals surface area contributed by atoms with Gasteiger partial charge in [0.15, 0.2) is 0 Å². The van der Waals surface area contributed by atoms with Gasteiger partial charge < -0.3 is 15.4 Å². The van der Waals surface area contributed by atoms with Crippen molar-refractivity contribution in [3.63, 3.8) is 0 Å². The molecular weight excluding hydrogens is 228 g/mol. The molecule has 0 aliphatic heterocycles. The summed E-state index contributed by atoms with van der Waals surface area (Å²) in [6.45, 7) is 7.88. The Kier molecular flexibility index (Phi) is 6.09. The first kappa shape index (κ1) is 15.4. The van der Waals surface area contributed by atoms with Gasteiger partial charge in [-0.25, -0.2) is 0 Å². The molecule has 0 heterocycles. The summed E-state index contributed by atoms with van der Waals surface area (Å²) in [6, 6.07) is 0.340. The van der Waals surface area contributed by atoms with Crippen molar-refractivity contribution in [3.05, 3.63) is 0 Å². The molecule has 0 aromatic carbocycles. The molecule has 4 nitrogen and oxygen atoms in total. The molecule has 1 amide bonds. The lowest BCUT2D eigenvalue weighted by atomic mass is 9.87. The molecule has 106 valence electrons. The van der Waals surface area contributed by atoms with Gasteiger partial charge in [0.1, 0.15) is 0 Å². The zero-order valence-corrected chi connectivity index (χ0v) is 12.2. The summed E-state index contributed by atoms with van der Waals surface area (Å²) >= 11 is 0. The highest BCUT2D eigenvalue weighted by Crippen LogP contribution is 2.37. The summed E-state index contributed by atoms with van der Waals surface area (Å²) in [5, 5.41) is 6.40. The molecule has 0 aromatic rings. The van der Waals surface area contributed by atoms with Crippen molar-refractivity contribution in [1.82, 2.24) is 10.6 Å². The third kappa shape index (κ3) is 4.58. The Morgan fingerprint density at radius 2 is 2.22 bits per heavy atom. The number of ether oxygens (including phenoxy) is 1. The van der Waals surface area contributed by atoms with Crippen molar-refractivity contribution < 1.29 is 9.53 Å². The van der Waals surface area contributed by atoms with Crippen LogP contribution in [0.1, 0.15) is 46.5 Å². The summed E-state index contributed by atoms with van der Waals surface area (Å²) in [5.41, 5.74) is 0.310. The van der Waals surface area contributed by atoms with Gasteiger partial charge in [-0.05, 0) is 31.6 Å². The Morgan fingerprint density at radius 3 is 2.78 bits per heavy atom. The minimum absolute atomic E-state index is 0.0915. The predicted octanol–water partition coefficient (Wildman–Crippen LogP) is 1.70. The first-order chi connectivity index (χ1) is 8.47. The minimum atomic E-state index is -0.116. The number of nitrogens with one attached hydrogen (secondary N) is 2. The number of hydrogen-bond donors (Lipinski definition) is 2. The van der Waals surface area contributed by atoms with E-state index in [9.17, 15) is 4.79 Å². The van der Waals surface area contributed by atoms with E-state index in [1.165, 1.54) is 19.3 Å². The van der Waals surface area contributed by atoms with Gasteiger partial charge in [-0.3, -0.25) is 4.79 Å². The van der Waals surface area contributed by atoms with Gasteiger partial charge in [0, 0.05) is 26.3 Å². The Morgan fingerprint density at radius 1 is 1.50 bits per heavy atom. The van der Waals surface area contributed by atoms with Crippen LogP contribution in [0.5, 0.6) is 0 Å². The molecule has 2 atom stereocenters. The first-order valence-electron chi connectivity index (χ1n) is 7.00. The zero-order chi connectivity index (χ0) is 13.6. The smallest absolute Gasteiger partial charge is 0.236 e. The largest absolute Gasteiger partial charge is 0.385 e. The van der Waals surface area contributed by atoms with Crippen molar-refractivity contribution >= 4 is 5.91 Å². The van der Waals surface area contributed by atoms with Crippen LogP contribution in [0.15, 0.2) is 0 Å². The minimum Gasteiger partial charge on any atom is -0.385 e. The fourth-order valence-corrected chi connectivity index (χ4v) is 2.59. The van der Waals surface area contributed by atoms with Gasteiger partial charge in [0.25, 0.3) is 0 Å². The lowest BCUT2D eigenvalue weighted by molar-refractivity contribution is -0.123. The SMILES string of the molecule is COCCCNC(=O)C(C)NC1CCCC1(C)C. The molecule has 0 bridgehead atoms. The molecule has 0 saturated heterocycles. The Labute approximate surface area is 111 Å². The molecule has 4 heteroatoms. The van der Waals surface area contributed by atoms with Crippen molar-refractivity contribution in [1.29, 1.82) is 0 Å². The second-order valence-electron chi connectivity index (χ2n) is 5.96. The number of hydrogen-bond acceptors (Lipinski definition) is 3. The molecular formula is C14H28N2O2. The number of methoxy groups -OCH3 is 1. The second-order valence-corrected chi connectivity index (χ2v) is 5.96. The zero-order valence-electron chi connectivity index (χ0n) is 12.2. The van der Waals surface area contributed by atoms with Gasteiger partial charge in [-0.15, -0.1) is 0 Å². The monoisotopic (exact) mass is 256 g/mol. The third-order valence-corrected chi connectivity index (χ3v) is 3.93. The van der Waals surface area contributed by atoms with E-state index < -0.39 is 0 Å². The Bertz CT molecular complexity index is 267. The summed E-state index contributed by atoms with van der Waals surface area (Å²) in [5.74, 6) is 0.0915. The Hall–Kier alpha value is -0.610. The van der Waals surface area contributed by atoms with Crippen molar-refractivity contribution in [2.75, 3.05) is 20.3 Å². The summed E-state index contributed by atoms with van der Waals surface area (Å²) in [7, 11) is 1.67. The molecule has 1 aliphatic carbocycles. The van der Waals surface area contributed by atoms with Crippen LogP contribution in [-0.4, -0.2) is 38.3 Å². The summed E-state index contributed by atoms with van der Waals surface area (Å²) in [6.07, 6.45) is 4.54. The second kappa shape index (κ2) is 7.10. The maximum atomic E-state index is 11.9. The van der Waals surface area contributed by atoms with E-state index in [-0.39, 0.29) is 11.9 Å². The molecule has 0 aromatic heterocycles. The van der Waals surface area contributed by atoms with Crippen LogP contribution >= 0.6 is 0 Å². The summed E-state index contributed by atoms with van der Waals surface area (Å²) in [4.78, 5) is 11.9. The van der Waals surface area contributed by atoms with Crippen LogP contribution in [0.3, 0.4) is 0 Å². The van der Waals surface area contributed by atoms with E-state index in [0.29, 0.717) is 24.6 Å². The average Bonchev–Trinajstić information content (AvgIpc) is 2.64. The predicted molar refractivity (Wildman–Crippen MR) is 73.5 cm³/mol. The molecule has 1 fully saturated rings. The lowest BCUT2D eigenvalue weighted by Gasteiger charge is -2.30. The number of carbonyl (C=O) groups excluding carboxylic acids is 1. The van der Waals surface area contributed by atoms with Crippen LogP contribution in [-0.2, 0) is 9.53 Å². The highest BCUT2D eigenvalue weighted by molar-refractivity contribution is 5.81. The van der Waals surface area contributed by atoms with E-state index in [4.69, 9.17) is 4.74 Å². The van der Waals surface area contributed by atoms with E-state index >= 15 is 0 Å². The highest BCUT2D eigenvalue weighted by Gasteiger charge is 2.35. The standard InChI is InChI=1S/C14H28N2O2/c1-11(13(17)15-9-6-10-18-4)16-12-7-5-8-14(12,2)3/h11-12,16H,5-10H2,1-4H3,(H,15,17). The molecule has 18 heavy (non-hydrogen) atoms. The van der Waals surface area contributed by atoms with Crippen LogP contribution in [0.2, 0.25) is 0 Å². The molecule has 0 radical (unpaired) electrons. The molecule has 2 N–H and O–H groups in total. The molecule has 0 spiro atoms. The molecule has 1 aliphatic rings. The molecule has 1 rings (SSSR count). The topological polar surface area (TPSA) is 50.4 Å². The van der Waals surface area contributed by atoms with E-state index in [0.717, 1.165) is 6.42 Å². The van der Waals surface area contributed by atoms with Crippen LogP contribution < -0.4 is 10.6 Å². The fraction of sp³-hybridized carbons (Fsp3) is 0.929. The van der Waals surface area contributed by atoms with Crippen LogP contribution in [0, 0.1) is 5.41 Å². The fourth-order valence-electron chi connectivity index (χ4n) is 2.59. The maximum Gasteiger partial charge on any atom is 0.236 e. The highest BCUT2D eigenvalue weighted by atomic mass is 16.5. The average molecular weight is 256 g/mol. The normalized spacial score (nSPS) is 23.9. The lowest BCUT2D eigenvalue weighted by Crippen LogP contribution is -2.49. The van der Waals surface area contributed by atoms with Gasteiger partial charge in [0.05, 0.1) is 6.04 Å². The quantitative estimate of drug-likeness (QED) is 0.682. The number of carbonyl (C=O) groups is 1. The van der Waals surface area contributed by atoms with E-state index in [1.807, 2.05) is 6.92 Å². The first-order valence-corrected chi connectivity index (χ1v) is 7.00. The van der Waals surface area contributed by atoms with Gasteiger partial charge in [-0.2, -0.15) is 0 Å². The van der Waals surface area contributed by atoms with E-state index in [1.54, 1.807) is 7.11 Å². The van der Waals surface area contributed by atoms with Crippen molar-refractivity contribution in [3.8, 4) is 0 Å². The maximum absolute atomic E-state index is 11.9. The Balaban J connectivity index is 2.27.